The van der Waals surface area contributed by atoms with Gasteiger partial charge in [0.05, 0.1) is 17.6 Å². The molecule has 0 radical (unpaired) electrons. The predicted molar refractivity (Wildman–Crippen MR) is 57.3 cm³/mol. The van der Waals surface area contributed by atoms with E-state index in [0.29, 0.717) is 0 Å². The van der Waals surface area contributed by atoms with Crippen molar-refractivity contribution in [3.63, 3.8) is 0 Å². The summed E-state index contributed by atoms with van der Waals surface area (Å²) in [6.45, 7) is 0. The Morgan fingerprint density at radius 3 is 3.25 bits per heavy atom. The number of hydrogen-bond donors (Lipinski definition) is 0. The third kappa shape index (κ3) is 1.18. The highest BCUT2D eigenvalue weighted by atomic mass is 33.1. The molecule has 2 heterocycles. The number of rotatable bonds is 2. The lowest BCUT2D eigenvalue weighted by atomic mass is 10.4. The van der Waals surface area contributed by atoms with Crippen LogP contribution >= 0.6 is 32.4 Å². The van der Waals surface area contributed by atoms with E-state index in [-0.39, 0.29) is 9.80 Å². The average molecular weight is 221 g/mol. The molecule has 0 aromatic rings. The Labute approximate surface area is 81.1 Å². The van der Waals surface area contributed by atoms with Gasteiger partial charge in [-0.2, -0.15) is 0 Å². The molecule has 3 nitrogen and oxygen atoms in total. The molecule has 2 aliphatic rings. The fraction of sp³-hybridized carbons (Fsp3) is 0.333. The van der Waals surface area contributed by atoms with Crippen LogP contribution < -0.4 is 0 Å². The summed E-state index contributed by atoms with van der Waals surface area (Å²) in [5.41, 5.74) is 0. The van der Waals surface area contributed by atoms with Gasteiger partial charge in [0.15, 0.2) is 5.76 Å². The fourth-order valence-electron chi connectivity index (χ4n) is 0.904. The van der Waals surface area contributed by atoms with E-state index in [1.54, 1.807) is 35.9 Å². The first-order valence-corrected chi connectivity index (χ1v) is 6.90. The van der Waals surface area contributed by atoms with Gasteiger partial charge in [-0.05, 0) is 17.0 Å². The number of nitrogens with zero attached hydrogens (tertiary/aromatic N) is 1. The molecule has 0 aromatic carbocycles. The van der Waals surface area contributed by atoms with Crippen molar-refractivity contribution in [3.05, 3.63) is 10.00 Å². The summed E-state index contributed by atoms with van der Waals surface area (Å²) >= 11 is 1.68. The van der Waals surface area contributed by atoms with E-state index in [2.05, 4.69) is 5.16 Å². The fourth-order valence-corrected chi connectivity index (χ4v) is 5.51. The minimum atomic E-state index is -0.237. The normalized spacial score (nSPS) is 26.2. The Bertz CT molecular complexity index is 308. The molecule has 1 unspecified atom stereocenters. The number of oxime groups is 1. The average Bonchev–Trinajstić information content (AvgIpc) is 2.61. The lowest BCUT2D eigenvalue weighted by Crippen LogP contribution is -2.01. The van der Waals surface area contributed by atoms with Crippen LogP contribution in [0, 0.1) is 0 Å². The van der Waals surface area contributed by atoms with Crippen molar-refractivity contribution in [2.24, 2.45) is 5.16 Å². The van der Waals surface area contributed by atoms with Crippen molar-refractivity contribution in [2.75, 3.05) is 13.4 Å². The van der Waals surface area contributed by atoms with Crippen molar-refractivity contribution < 1.29 is 9.02 Å². The predicted octanol–water partition coefficient (Wildman–Crippen LogP) is 2.20. The first-order valence-electron chi connectivity index (χ1n) is 3.20. The van der Waals surface area contributed by atoms with Gasteiger partial charge in [-0.1, -0.05) is 5.16 Å². The number of hydrogen-bond acceptors (Lipinski definition) is 5. The molecule has 0 fully saturated rings. The van der Waals surface area contributed by atoms with Gasteiger partial charge in [-0.25, -0.2) is 0 Å². The zero-order valence-electron chi connectivity index (χ0n) is 6.57. The van der Waals surface area contributed by atoms with Gasteiger partial charge in [0.25, 0.3) is 0 Å². The second-order valence-electron chi connectivity index (χ2n) is 2.02. The highest BCUT2D eigenvalue weighted by Crippen LogP contribution is 2.53. The van der Waals surface area contributed by atoms with Crippen molar-refractivity contribution in [1.29, 1.82) is 0 Å². The number of ether oxygens (including phenoxy) is 1. The number of methoxy groups -OCH3 is 1. The topological polar surface area (TPSA) is 30.8 Å². The van der Waals surface area contributed by atoms with E-state index in [9.17, 15) is 0 Å². The van der Waals surface area contributed by atoms with Crippen molar-refractivity contribution in [3.8, 4) is 0 Å². The molecule has 0 aliphatic carbocycles. The summed E-state index contributed by atoms with van der Waals surface area (Å²) in [6.07, 6.45) is 3.77. The van der Waals surface area contributed by atoms with Crippen molar-refractivity contribution in [2.45, 2.75) is 0 Å². The van der Waals surface area contributed by atoms with Crippen LogP contribution in [0.1, 0.15) is 0 Å². The molecule has 1 atom stereocenters. The summed E-state index contributed by atoms with van der Waals surface area (Å²) in [5, 5.41) is 3.74. The number of allylic oxidation sites excluding steroid dienone is 1. The standard InChI is InChI=1S/C6H7NO2S3/c1-8-5-4-3-7-9-12(4)11-6(5)10-2/h3H,1-2H3. The van der Waals surface area contributed by atoms with E-state index >= 15 is 0 Å². The van der Waals surface area contributed by atoms with E-state index in [1.165, 1.54) is 4.24 Å². The number of thioether (sulfide) groups is 1. The third-order valence-corrected chi connectivity index (χ3v) is 6.07. The smallest absolute Gasteiger partial charge is 0.158 e. The molecule has 0 spiro atoms. The molecule has 0 aromatic heterocycles. The lowest BCUT2D eigenvalue weighted by molar-refractivity contribution is 0.317. The molecule has 0 saturated heterocycles. The van der Waals surface area contributed by atoms with Gasteiger partial charge >= 0.3 is 0 Å². The van der Waals surface area contributed by atoms with Crippen LogP contribution in [0.5, 0.6) is 0 Å². The van der Waals surface area contributed by atoms with Gasteiger partial charge in [0, 0.05) is 0 Å². The second-order valence-corrected chi connectivity index (χ2v) is 6.13. The monoisotopic (exact) mass is 221 g/mol. The van der Waals surface area contributed by atoms with Gasteiger partial charge in [0.2, 0.25) is 0 Å². The van der Waals surface area contributed by atoms with E-state index < -0.39 is 0 Å². The second kappa shape index (κ2) is 3.35. The molecule has 12 heavy (non-hydrogen) atoms. The SMILES string of the molecule is COC1=C(SC)SS2=C1C=NO2. The molecular weight excluding hydrogens is 214 g/mol. The Kier molecular flexibility index (Phi) is 2.38. The van der Waals surface area contributed by atoms with Gasteiger partial charge < -0.3 is 9.02 Å². The maximum atomic E-state index is 5.27. The minimum Gasteiger partial charge on any atom is -0.494 e. The Morgan fingerprint density at radius 2 is 2.58 bits per heavy atom. The molecule has 2 rings (SSSR count). The summed E-state index contributed by atoms with van der Waals surface area (Å²) in [5.74, 6) is 0.928. The van der Waals surface area contributed by atoms with E-state index in [4.69, 9.17) is 9.02 Å². The van der Waals surface area contributed by atoms with Crippen LogP contribution in [-0.2, 0) is 9.02 Å². The summed E-state index contributed by atoms with van der Waals surface area (Å²) in [7, 11) is 3.12. The Balaban J connectivity index is 2.34. The third-order valence-electron chi connectivity index (χ3n) is 1.41. The Morgan fingerprint density at radius 1 is 1.75 bits per heavy atom. The van der Waals surface area contributed by atoms with Crippen molar-refractivity contribution in [1.82, 2.24) is 0 Å². The zero-order chi connectivity index (χ0) is 8.55. The molecule has 0 bridgehead atoms. The maximum absolute atomic E-state index is 5.27. The van der Waals surface area contributed by atoms with Crippen LogP contribution in [0.4, 0.5) is 0 Å². The van der Waals surface area contributed by atoms with Crippen LogP contribution in [0.3, 0.4) is 0 Å². The summed E-state index contributed by atoms with van der Waals surface area (Å²) in [6, 6.07) is 0. The minimum absolute atomic E-state index is 0.237. The highest BCUT2D eigenvalue weighted by Gasteiger charge is 2.29. The molecule has 66 valence electrons. The van der Waals surface area contributed by atoms with Gasteiger partial charge in [0.1, 0.15) is 14.7 Å². The van der Waals surface area contributed by atoms with E-state index in [0.717, 1.165) is 10.6 Å². The molecule has 6 heteroatoms. The van der Waals surface area contributed by atoms with Crippen LogP contribution in [0.2, 0.25) is 0 Å². The van der Waals surface area contributed by atoms with Crippen LogP contribution in [-0.4, -0.2) is 24.4 Å². The zero-order valence-corrected chi connectivity index (χ0v) is 9.02. The van der Waals surface area contributed by atoms with Crippen LogP contribution in [0.25, 0.3) is 0 Å². The quantitative estimate of drug-likeness (QED) is 0.528. The summed E-state index contributed by atoms with van der Waals surface area (Å²) in [4.78, 5) is 1.08. The first-order chi connectivity index (χ1) is 5.86. The van der Waals surface area contributed by atoms with Crippen molar-refractivity contribution >= 4 is 43.4 Å². The van der Waals surface area contributed by atoms with E-state index in [1.807, 2.05) is 6.26 Å². The van der Waals surface area contributed by atoms with Crippen LogP contribution in [0.15, 0.2) is 15.2 Å². The maximum Gasteiger partial charge on any atom is 0.158 e. The lowest BCUT2D eigenvalue weighted by Gasteiger charge is -2.01. The molecule has 0 saturated carbocycles. The van der Waals surface area contributed by atoms with Gasteiger partial charge in [-0.3, -0.25) is 0 Å². The largest absolute Gasteiger partial charge is 0.494 e. The summed E-state index contributed by atoms with van der Waals surface area (Å²) < 4.78 is 11.6. The Hall–Kier alpha value is -0.0700. The molecule has 2 aliphatic heterocycles. The molecule has 0 amide bonds. The first kappa shape index (κ1) is 8.52. The highest BCUT2D eigenvalue weighted by molar-refractivity contribution is 8.86. The molecular formula is C6H7NO2S3. The van der Waals surface area contributed by atoms with Gasteiger partial charge in [-0.15, -0.1) is 11.8 Å². The molecule has 0 N–H and O–H groups in total.